The summed E-state index contributed by atoms with van der Waals surface area (Å²) in [6, 6.07) is 8.17. The Morgan fingerprint density at radius 3 is 2.83 bits per heavy atom. The number of hydrogen-bond donors (Lipinski definition) is 4. The quantitative estimate of drug-likeness (QED) is 0.221. The number of nitrogens with zero attached hydrogens (tertiary/aromatic N) is 4. The Hall–Kier alpha value is -3.16. The fraction of sp³-hybridized carbons (Fsp3) is 0.381. The fourth-order valence-corrected chi connectivity index (χ4v) is 6.06. The Morgan fingerprint density at radius 2 is 2.14 bits per heavy atom. The van der Waals surface area contributed by atoms with Gasteiger partial charge in [-0.3, -0.25) is 9.36 Å². The number of aromatic nitrogens is 4. The zero-order chi connectivity index (χ0) is 25.9. The molecule has 1 unspecified atom stereocenters. The highest BCUT2D eigenvalue weighted by atomic mass is 32.5. The van der Waals surface area contributed by atoms with Gasteiger partial charge in [-0.2, -0.15) is 9.97 Å². The van der Waals surface area contributed by atoms with Crippen molar-refractivity contribution < 1.29 is 23.3 Å². The van der Waals surface area contributed by atoms with E-state index in [9.17, 15) is 4.79 Å². The highest BCUT2D eigenvalue weighted by Gasteiger charge is 2.36. The first-order chi connectivity index (χ1) is 17.2. The smallest absolute Gasteiger partial charge is 0.323 e. The number of para-hydroxylation sites is 1. The van der Waals surface area contributed by atoms with Gasteiger partial charge in [0.25, 0.3) is 0 Å². The number of anilines is 2. The molecule has 3 aromatic rings. The Morgan fingerprint density at radius 1 is 1.39 bits per heavy atom. The molecular formula is C21H27N8O5PS. The molecule has 192 valence electrons. The van der Waals surface area contributed by atoms with Crippen LogP contribution >= 0.6 is 6.64 Å². The number of benzene rings is 1. The highest BCUT2D eigenvalue weighted by molar-refractivity contribution is 8.09. The summed E-state index contributed by atoms with van der Waals surface area (Å²) in [6.07, 6.45) is 0.568. The van der Waals surface area contributed by atoms with Crippen LogP contribution in [-0.2, 0) is 30.6 Å². The van der Waals surface area contributed by atoms with Gasteiger partial charge in [-0.05, 0) is 30.9 Å². The van der Waals surface area contributed by atoms with Gasteiger partial charge in [-0.1, -0.05) is 18.2 Å². The summed E-state index contributed by atoms with van der Waals surface area (Å²) in [6.45, 7) is -1.57. The average Bonchev–Trinajstić information content (AvgIpc) is 3.44. The normalized spacial score (nSPS) is 20.1. The van der Waals surface area contributed by atoms with Gasteiger partial charge in [0, 0.05) is 13.5 Å². The lowest BCUT2D eigenvalue weighted by Gasteiger charge is -2.27. The van der Waals surface area contributed by atoms with Crippen molar-refractivity contribution in [2.75, 3.05) is 31.8 Å². The number of esters is 1. The second-order valence-electron chi connectivity index (χ2n) is 7.92. The molecule has 0 saturated carbocycles. The van der Waals surface area contributed by atoms with E-state index < -0.39 is 31.0 Å². The summed E-state index contributed by atoms with van der Waals surface area (Å²) in [4.78, 5) is 24.7. The van der Waals surface area contributed by atoms with E-state index in [1.165, 1.54) is 13.4 Å². The zero-order valence-electron chi connectivity index (χ0n) is 19.9. The maximum Gasteiger partial charge on any atom is 0.323 e. The molecule has 0 spiro atoms. The van der Waals surface area contributed by atoms with Gasteiger partial charge in [0.1, 0.15) is 11.8 Å². The van der Waals surface area contributed by atoms with Crippen LogP contribution in [-0.4, -0.2) is 64.1 Å². The third-order valence-corrected chi connectivity index (χ3v) is 7.80. The van der Waals surface area contributed by atoms with Gasteiger partial charge < -0.3 is 35.0 Å². The lowest BCUT2D eigenvalue weighted by Crippen LogP contribution is -2.35. The minimum absolute atomic E-state index is 0.0232. The first kappa shape index (κ1) is 25.9. The molecule has 0 radical (unpaired) electrons. The first-order valence-electron chi connectivity index (χ1n) is 11.0. The van der Waals surface area contributed by atoms with Crippen LogP contribution in [0.3, 0.4) is 0 Å². The van der Waals surface area contributed by atoms with Gasteiger partial charge in [0.15, 0.2) is 23.2 Å². The number of carbonyl (C=O) groups excluding carboxylic acids is 1. The number of nitrogens with one attached hydrogen (secondary N) is 3. The second kappa shape index (κ2) is 10.8. The molecule has 0 bridgehead atoms. The number of imidazole rings is 1. The van der Waals surface area contributed by atoms with Crippen molar-refractivity contribution in [3.05, 3.63) is 36.7 Å². The standard InChI is InChI=1S/C21H27N8O5PS/c1-12(20(30)31-3)28-35(36,34-13-7-5-4-6-8-13)32-10-14-9-15(22)19(33-14)29-11-25-16-17(24-2)26-21(23)27-18(16)29/h4-8,11-12,14,19,22H,9-10H2,1-3H3,(H,28,36)(H3,23,24,26,27)/t12-,14-,19+,35?/m0/s1. The molecule has 1 aromatic carbocycles. The number of ether oxygens (including phenoxy) is 2. The van der Waals surface area contributed by atoms with Gasteiger partial charge in [-0.15, -0.1) is 0 Å². The lowest BCUT2D eigenvalue weighted by atomic mass is 10.2. The van der Waals surface area contributed by atoms with E-state index in [1.807, 2.05) is 6.07 Å². The summed E-state index contributed by atoms with van der Waals surface area (Å²) in [5, 5.41) is 14.4. The molecule has 0 amide bonds. The minimum atomic E-state index is -3.21. The minimum Gasteiger partial charge on any atom is -0.468 e. The topological polar surface area (TPSA) is 172 Å². The lowest BCUT2D eigenvalue weighted by molar-refractivity contribution is -0.142. The third kappa shape index (κ3) is 5.63. The molecule has 5 N–H and O–H groups in total. The molecule has 1 aliphatic heterocycles. The largest absolute Gasteiger partial charge is 0.468 e. The maximum absolute atomic E-state index is 12.0. The van der Waals surface area contributed by atoms with Crippen LogP contribution in [0.5, 0.6) is 5.75 Å². The zero-order valence-corrected chi connectivity index (χ0v) is 21.6. The Balaban J connectivity index is 1.50. The van der Waals surface area contributed by atoms with Crippen molar-refractivity contribution in [1.82, 2.24) is 24.6 Å². The predicted molar refractivity (Wildman–Crippen MR) is 137 cm³/mol. The maximum atomic E-state index is 12.0. The van der Waals surface area contributed by atoms with Gasteiger partial charge in [0.2, 0.25) is 5.95 Å². The Kier molecular flexibility index (Phi) is 7.81. The highest BCUT2D eigenvalue weighted by Crippen LogP contribution is 2.46. The van der Waals surface area contributed by atoms with E-state index in [2.05, 4.69) is 25.4 Å². The van der Waals surface area contributed by atoms with Crippen molar-refractivity contribution in [3.63, 3.8) is 0 Å². The van der Waals surface area contributed by atoms with Crippen LogP contribution in [0.2, 0.25) is 0 Å². The van der Waals surface area contributed by atoms with Crippen LogP contribution < -0.4 is 20.7 Å². The second-order valence-corrected chi connectivity index (χ2v) is 11.1. The summed E-state index contributed by atoms with van der Waals surface area (Å²) < 4.78 is 24.5. The van der Waals surface area contributed by atoms with E-state index >= 15 is 0 Å². The number of carbonyl (C=O) groups is 1. The number of nitrogen functional groups attached to an aromatic ring is 1. The van der Waals surface area contributed by atoms with Crippen LogP contribution in [0.25, 0.3) is 11.2 Å². The number of rotatable bonds is 10. The van der Waals surface area contributed by atoms with Crippen molar-refractivity contribution in [1.29, 1.82) is 5.41 Å². The molecule has 4 atom stereocenters. The van der Waals surface area contributed by atoms with Crippen LogP contribution in [0.15, 0.2) is 36.7 Å². The molecular weight excluding hydrogens is 507 g/mol. The Labute approximate surface area is 212 Å². The van der Waals surface area contributed by atoms with E-state index in [-0.39, 0.29) is 19.0 Å². The first-order valence-corrected chi connectivity index (χ1v) is 13.6. The van der Waals surface area contributed by atoms with Crippen LogP contribution in [0, 0.1) is 5.41 Å². The van der Waals surface area contributed by atoms with Gasteiger partial charge in [0.05, 0.1) is 31.9 Å². The molecule has 4 rings (SSSR count). The Bertz CT molecular complexity index is 1310. The molecule has 1 saturated heterocycles. The molecule has 2 aromatic heterocycles. The SMILES string of the molecule is CNc1nc(N)nc2c1ncn2[C@@H]1O[C@H](COP(=S)(N[C@@H](C)C(=O)OC)Oc2ccccc2)CC1=N. The molecule has 13 nitrogen and oxygen atoms in total. The fourth-order valence-electron chi connectivity index (χ4n) is 3.63. The molecule has 1 aliphatic rings. The van der Waals surface area contributed by atoms with E-state index in [0.29, 0.717) is 28.4 Å². The summed E-state index contributed by atoms with van der Waals surface area (Å²) in [7, 11) is 3.00. The number of hydrogen-bond acceptors (Lipinski definition) is 12. The van der Waals surface area contributed by atoms with Gasteiger partial charge in [-0.25, -0.2) is 10.1 Å². The van der Waals surface area contributed by atoms with Crippen molar-refractivity contribution in [3.8, 4) is 5.75 Å². The van der Waals surface area contributed by atoms with Gasteiger partial charge >= 0.3 is 12.6 Å². The number of nitrogens with two attached hydrogens (primary N) is 1. The van der Waals surface area contributed by atoms with E-state index in [0.717, 1.165) is 0 Å². The molecule has 3 heterocycles. The van der Waals surface area contributed by atoms with E-state index in [4.69, 9.17) is 41.5 Å². The third-order valence-electron chi connectivity index (χ3n) is 5.30. The van der Waals surface area contributed by atoms with Crippen LogP contribution in [0.1, 0.15) is 19.6 Å². The summed E-state index contributed by atoms with van der Waals surface area (Å²) >= 11 is 5.69. The van der Waals surface area contributed by atoms with E-state index in [1.54, 1.807) is 42.8 Å². The average molecular weight is 535 g/mol. The van der Waals surface area contributed by atoms with Crippen LogP contribution in [0.4, 0.5) is 11.8 Å². The van der Waals surface area contributed by atoms with Crippen molar-refractivity contribution in [2.24, 2.45) is 0 Å². The molecule has 15 heteroatoms. The number of methoxy groups -OCH3 is 1. The van der Waals surface area contributed by atoms with Crippen molar-refractivity contribution in [2.45, 2.75) is 31.7 Å². The summed E-state index contributed by atoms with van der Waals surface area (Å²) in [5.41, 5.74) is 7.09. The summed E-state index contributed by atoms with van der Waals surface area (Å²) in [5.74, 6) is 0.538. The monoisotopic (exact) mass is 534 g/mol. The molecule has 1 fully saturated rings. The molecule has 36 heavy (non-hydrogen) atoms. The molecule has 0 aliphatic carbocycles. The predicted octanol–water partition coefficient (Wildman–Crippen LogP) is 2.23. The number of fused-ring (bicyclic) bond motifs is 1. The van der Waals surface area contributed by atoms with Crippen molar-refractivity contribution >= 4 is 53.1 Å².